The van der Waals surface area contributed by atoms with Crippen molar-refractivity contribution in [3.05, 3.63) is 48.0 Å². The van der Waals surface area contributed by atoms with E-state index in [2.05, 4.69) is 52.7 Å². The molecule has 3 fully saturated rings. The predicted molar refractivity (Wildman–Crippen MR) is 102 cm³/mol. The average molecular weight is 350 g/mol. The van der Waals surface area contributed by atoms with E-state index in [-0.39, 0.29) is 11.5 Å². The summed E-state index contributed by atoms with van der Waals surface area (Å²) >= 11 is 0. The lowest BCUT2D eigenvalue weighted by Gasteiger charge is -2.45. The van der Waals surface area contributed by atoms with Crippen LogP contribution in [0.4, 0.5) is 0 Å². The summed E-state index contributed by atoms with van der Waals surface area (Å²) in [6.45, 7) is 3.18. The minimum atomic E-state index is 0.0988. The molecule has 0 aromatic heterocycles. The third-order valence-electron chi connectivity index (χ3n) is 6.62. The molecule has 4 heteroatoms. The smallest absolute Gasteiger partial charge is 0.225 e. The maximum atomic E-state index is 12.8. The van der Waals surface area contributed by atoms with Gasteiger partial charge in [-0.2, -0.15) is 0 Å². The van der Waals surface area contributed by atoms with Crippen LogP contribution in [0, 0.1) is 5.92 Å². The van der Waals surface area contributed by atoms with Gasteiger partial charge in [-0.15, -0.1) is 0 Å². The van der Waals surface area contributed by atoms with Crippen LogP contribution in [0.15, 0.2) is 42.5 Å². The molecule has 1 spiro atoms. The van der Waals surface area contributed by atoms with Crippen molar-refractivity contribution in [2.75, 3.05) is 26.4 Å². The Morgan fingerprint density at radius 1 is 1.08 bits per heavy atom. The lowest BCUT2D eigenvalue weighted by Crippen LogP contribution is -2.58. The van der Waals surface area contributed by atoms with Gasteiger partial charge in [0, 0.05) is 24.5 Å². The molecule has 2 aromatic rings. The number of piperidine rings is 1. The summed E-state index contributed by atoms with van der Waals surface area (Å²) in [6, 6.07) is 15.3. The van der Waals surface area contributed by atoms with Gasteiger partial charge in [0.1, 0.15) is 0 Å². The molecule has 0 radical (unpaired) electrons. The Hall–Kier alpha value is -1.91. The minimum Gasteiger partial charge on any atom is -0.364 e. The average Bonchev–Trinajstić information content (AvgIpc) is 3.16. The van der Waals surface area contributed by atoms with E-state index in [1.807, 2.05) is 0 Å². The topological polar surface area (TPSA) is 41.6 Å². The minimum absolute atomic E-state index is 0.0988. The van der Waals surface area contributed by atoms with Gasteiger partial charge in [-0.25, -0.2) is 0 Å². The summed E-state index contributed by atoms with van der Waals surface area (Å²) < 4.78 is 5.44. The van der Waals surface area contributed by atoms with Gasteiger partial charge in [-0.3, -0.25) is 10.1 Å². The lowest BCUT2D eigenvalue weighted by atomic mass is 9.68. The third kappa shape index (κ3) is 2.72. The summed E-state index contributed by atoms with van der Waals surface area (Å²) in [6.07, 6.45) is 4.02. The van der Waals surface area contributed by atoms with Gasteiger partial charge in [-0.1, -0.05) is 42.5 Å². The van der Waals surface area contributed by atoms with E-state index in [0.29, 0.717) is 18.6 Å². The molecular formula is C22H26N2O2. The van der Waals surface area contributed by atoms with Crippen LogP contribution in [0.25, 0.3) is 10.8 Å². The molecule has 136 valence electrons. The van der Waals surface area contributed by atoms with Gasteiger partial charge in [0.25, 0.3) is 0 Å². The molecule has 2 aromatic carbocycles. The van der Waals surface area contributed by atoms with E-state index < -0.39 is 0 Å². The van der Waals surface area contributed by atoms with Crippen molar-refractivity contribution in [2.45, 2.75) is 37.1 Å². The van der Waals surface area contributed by atoms with Crippen LogP contribution >= 0.6 is 0 Å². The standard InChI is InChI=1S/C22H26N2O2/c25-21(18-12-22(13-18)14-26-15-23-22)24-10-8-17(9-11-24)20-7-3-5-16-4-1-2-6-19(16)20/h1-7,17-18,23H,8-15H2/t18-,22+. The Balaban J connectivity index is 1.23. The van der Waals surface area contributed by atoms with E-state index in [9.17, 15) is 4.79 Å². The number of hydrogen-bond acceptors (Lipinski definition) is 3. The highest BCUT2D eigenvalue weighted by molar-refractivity contribution is 5.86. The quantitative estimate of drug-likeness (QED) is 0.904. The fourth-order valence-electron chi connectivity index (χ4n) is 5.10. The highest BCUT2D eigenvalue weighted by Crippen LogP contribution is 2.42. The third-order valence-corrected chi connectivity index (χ3v) is 6.62. The van der Waals surface area contributed by atoms with Gasteiger partial charge in [0.15, 0.2) is 0 Å². The molecule has 2 aliphatic heterocycles. The zero-order chi connectivity index (χ0) is 17.6. The fourth-order valence-corrected chi connectivity index (χ4v) is 5.10. The number of amides is 1. The summed E-state index contributed by atoms with van der Waals surface area (Å²) in [7, 11) is 0. The molecule has 1 N–H and O–H groups in total. The maximum Gasteiger partial charge on any atom is 0.225 e. The van der Waals surface area contributed by atoms with Crippen molar-refractivity contribution in [3.63, 3.8) is 0 Å². The zero-order valence-corrected chi connectivity index (χ0v) is 15.1. The first-order valence-electron chi connectivity index (χ1n) is 9.83. The largest absolute Gasteiger partial charge is 0.364 e. The molecular weight excluding hydrogens is 324 g/mol. The molecule has 0 bridgehead atoms. The number of nitrogens with zero attached hydrogens (tertiary/aromatic N) is 1. The molecule has 1 aliphatic carbocycles. The van der Waals surface area contributed by atoms with Crippen LogP contribution in [0.5, 0.6) is 0 Å². The van der Waals surface area contributed by atoms with Crippen molar-refractivity contribution in [1.82, 2.24) is 10.2 Å². The number of likely N-dealkylation sites (tertiary alicyclic amines) is 1. The van der Waals surface area contributed by atoms with Crippen LogP contribution in [0.3, 0.4) is 0 Å². The van der Waals surface area contributed by atoms with Crippen molar-refractivity contribution in [1.29, 1.82) is 0 Å². The van der Waals surface area contributed by atoms with Crippen molar-refractivity contribution in [2.24, 2.45) is 5.92 Å². The number of benzene rings is 2. The number of ether oxygens (including phenoxy) is 1. The first-order valence-corrected chi connectivity index (χ1v) is 9.83. The Kier molecular flexibility index (Phi) is 3.98. The maximum absolute atomic E-state index is 12.8. The number of nitrogens with one attached hydrogen (secondary N) is 1. The molecule has 1 saturated carbocycles. The first-order chi connectivity index (χ1) is 12.7. The van der Waals surface area contributed by atoms with Crippen LogP contribution in [-0.4, -0.2) is 42.8 Å². The Morgan fingerprint density at radius 2 is 1.85 bits per heavy atom. The molecule has 0 unspecified atom stereocenters. The highest BCUT2D eigenvalue weighted by Gasteiger charge is 2.50. The van der Waals surface area contributed by atoms with Gasteiger partial charge >= 0.3 is 0 Å². The molecule has 2 heterocycles. The zero-order valence-electron chi connectivity index (χ0n) is 15.1. The number of carbonyl (C=O) groups excluding carboxylic acids is 1. The van der Waals surface area contributed by atoms with Crippen molar-refractivity contribution in [3.8, 4) is 0 Å². The second kappa shape index (κ2) is 6.36. The van der Waals surface area contributed by atoms with E-state index in [1.54, 1.807) is 0 Å². The summed E-state index contributed by atoms with van der Waals surface area (Å²) in [5, 5.41) is 6.09. The Bertz CT molecular complexity index is 807. The van der Waals surface area contributed by atoms with E-state index in [1.165, 1.54) is 16.3 Å². The van der Waals surface area contributed by atoms with Gasteiger partial charge < -0.3 is 9.64 Å². The summed E-state index contributed by atoms with van der Waals surface area (Å²) in [5.74, 6) is 1.11. The van der Waals surface area contributed by atoms with Crippen LogP contribution in [-0.2, 0) is 9.53 Å². The molecule has 1 amide bonds. The normalized spacial score (nSPS) is 29.2. The lowest BCUT2D eigenvalue weighted by molar-refractivity contribution is -0.142. The molecule has 26 heavy (non-hydrogen) atoms. The number of fused-ring (bicyclic) bond motifs is 1. The van der Waals surface area contributed by atoms with E-state index in [4.69, 9.17) is 4.74 Å². The number of carbonyl (C=O) groups is 1. The van der Waals surface area contributed by atoms with Crippen molar-refractivity contribution < 1.29 is 9.53 Å². The molecule has 0 atom stereocenters. The van der Waals surface area contributed by atoms with Gasteiger partial charge in [-0.05, 0) is 47.9 Å². The molecule has 2 saturated heterocycles. The summed E-state index contributed by atoms with van der Waals surface area (Å²) in [5.41, 5.74) is 1.55. The highest BCUT2D eigenvalue weighted by atomic mass is 16.5. The fraction of sp³-hybridized carbons (Fsp3) is 0.500. The second-order valence-electron chi connectivity index (χ2n) is 8.22. The Labute approximate surface area is 154 Å². The number of rotatable bonds is 2. The van der Waals surface area contributed by atoms with E-state index >= 15 is 0 Å². The SMILES string of the molecule is O=C([C@H]1C[C@]2(COCN2)C1)N1CCC(c2cccc3ccccc23)CC1. The predicted octanol–water partition coefficient (Wildman–Crippen LogP) is 3.27. The summed E-state index contributed by atoms with van der Waals surface area (Å²) in [4.78, 5) is 14.9. The van der Waals surface area contributed by atoms with Gasteiger partial charge in [0.05, 0.1) is 13.3 Å². The molecule has 4 nitrogen and oxygen atoms in total. The van der Waals surface area contributed by atoms with Gasteiger partial charge in [0.2, 0.25) is 5.91 Å². The first kappa shape index (κ1) is 16.3. The Morgan fingerprint density at radius 3 is 2.62 bits per heavy atom. The number of hydrogen-bond donors (Lipinski definition) is 1. The molecule has 5 rings (SSSR count). The van der Waals surface area contributed by atoms with Crippen LogP contribution in [0.1, 0.15) is 37.2 Å². The second-order valence-corrected chi connectivity index (χ2v) is 8.22. The monoisotopic (exact) mass is 350 g/mol. The molecule has 3 aliphatic rings. The van der Waals surface area contributed by atoms with E-state index in [0.717, 1.165) is 45.4 Å². The van der Waals surface area contributed by atoms with Crippen molar-refractivity contribution >= 4 is 16.7 Å². The van der Waals surface area contributed by atoms with Crippen LogP contribution < -0.4 is 5.32 Å². The van der Waals surface area contributed by atoms with Crippen LogP contribution in [0.2, 0.25) is 0 Å².